The molecule has 0 saturated carbocycles. The van der Waals surface area contributed by atoms with Crippen LogP contribution in [0.25, 0.3) is 0 Å². The summed E-state index contributed by atoms with van der Waals surface area (Å²) in [6.45, 7) is 0.257. The molecule has 1 aliphatic heterocycles. The Hall–Kier alpha value is -1.50. The van der Waals surface area contributed by atoms with Gasteiger partial charge in [0.15, 0.2) is 0 Å². The Morgan fingerprint density at radius 3 is 2.74 bits per heavy atom. The molecule has 1 heterocycles. The summed E-state index contributed by atoms with van der Waals surface area (Å²) < 4.78 is 18.4. The van der Waals surface area contributed by atoms with Crippen molar-refractivity contribution in [2.75, 3.05) is 31.3 Å². The number of aliphatic hydroxyl groups excluding tert-OH is 1. The number of halogens is 2. The first-order valence-corrected chi connectivity index (χ1v) is 5.98. The molecule has 0 spiro atoms. The minimum absolute atomic E-state index is 0.0959. The predicted molar refractivity (Wildman–Crippen MR) is 66.0 cm³/mol. The number of carbonyl (C=O) groups excluding carboxylic acids is 2. The molecule has 1 aliphatic rings. The number of nitrogens with zero attached hydrogens (tertiary/aromatic N) is 1. The Bertz CT molecular complexity index is 535. The molecular weight excluding hydrogens is 277 g/mol. The van der Waals surface area contributed by atoms with Crippen LogP contribution >= 0.6 is 11.6 Å². The van der Waals surface area contributed by atoms with Crippen molar-refractivity contribution in [1.82, 2.24) is 0 Å². The van der Waals surface area contributed by atoms with Crippen LogP contribution in [-0.4, -0.2) is 43.2 Å². The molecule has 1 aromatic rings. The van der Waals surface area contributed by atoms with E-state index in [0.717, 1.165) is 17.0 Å². The van der Waals surface area contributed by atoms with Gasteiger partial charge in [0.2, 0.25) is 0 Å². The number of hydrogen-bond donors (Lipinski definition) is 1. The van der Waals surface area contributed by atoms with Gasteiger partial charge in [0, 0.05) is 6.54 Å². The summed E-state index contributed by atoms with van der Waals surface area (Å²) in [5.41, 5.74) is 0.294. The molecular formula is C12H11ClFNO4. The maximum absolute atomic E-state index is 13.4. The third-order valence-corrected chi connectivity index (χ3v) is 3.00. The Morgan fingerprint density at radius 2 is 2.05 bits per heavy atom. The second-order valence-electron chi connectivity index (χ2n) is 3.91. The van der Waals surface area contributed by atoms with Gasteiger partial charge in [-0.05, 0) is 12.1 Å². The summed E-state index contributed by atoms with van der Waals surface area (Å²) in [5.74, 6) is -2.13. The Morgan fingerprint density at radius 1 is 1.32 bits per heavy atom. The lowest BCUT2D eigenvalue weighted by atomic mass is 10.1. The van der Waals surface area contributed by atoms with Gasteiger partial charge in [0.25, 0.3) is 11.7 Å². The maximum Gasteiger partial charge on any atom is 0.299 e. The van der Waals surface area contributed by atoms with Crippen LogP contribution in [0.15, 0.2) is 12.1 Å². The van der Waals surface area contributed by atoms with Crippen molar-refractivity contribution < 1.29 is 23.8 Å². The second kappa shape index (κ2) is 5.64. The van der Waals surface area contributed by atoms with Crippen molar-refractivity contribution in [3.63, 3.8) is 0 Å². The van der Waals surface area contributed by atoms with Crippen LogP contribution in [0, 0.1) is 5.82 Å². The number of aliphatic hydroxyl groups is 1. The summed E-state index contributed by atoms with van der Waals surface area (Å²) >= 11 is 5.59. The molecule has 5 nitrogen and oxygen atoms in total. The molecule has 0 aromatic heterocycles. The smallest absolute Gasteiger partial charge is 0.299 e. The van der Waals surface area contributed by atoms with Gasteiger partial charge in [-0.3, -0.25) is 9.59 Å². The molecule has 0 bridgehead atoms. The normalized spacial score (nSPS) is 14.2. The molecule has 1 N–H and O–H groups in total. The number of benzene rings is 1. The first-order chi connectivity index (χ1) is 9.06. The van der Waals surface area contributed by atoms with E-state index in [-0.39, 0.29) is 42.6 Å². The van der Waals surface area contributed by atoms with Crippen LogP contribution in [-0.2, 0) is 9.53 Å². The third-order valence-electron chi connectivity index (χ3n) is 2.71. The lowest BCUT2D eigenvalue weighted by molar-refractivity contribution is -0.114. The van der Waals surface area contributed by atoms with Crippen LogP contribution in [0.5, 0.6) is 0 Å². The summed E-state index contributed by atoms with van der Waals surface area (Å²) in [6.07, 6.45) is 0. The molecule has 2 rings (SSSR count). The predicted octanol–water partition coefficient (Wildman–Crippen LogP) is 1.02. The standard InChI is InChI=1S/C12H11ClFNO4/c13-8-5-7-10(6-9(8)14)15(12(18)11(7)17)1-3-19-4-2-16/h5-6,16H,1-4H2. The molecule has 0 saturated heterocycles. The molecule has 0 radical (unpaired) electrons. The summed E-state index contributed by atoms with van der Waals surface area (Å²) in [6, 6.07) is 2.22. The quantitative estimate of drug-likeness (QED) is 0.648. The SMILES string of the molecule is O=C1C(=O)N(CCOCCO)c2cc(F)c(Cl)cc21. The zero-order chi connectivity index (χ0) is 14.0. The van der Waals surface area contributed by atoms with Crippen LogP contribution in [0.3, 0.4) is 0 Å². The van der Waals surface area contributed by atoms with Crippen LogP contribution in [0.1, 0.15) is 10.4 Å². The summed E-state index contributed by atoms with van der Waals surface area (Å²) in [7, 11) is 0. The van der Waals surface area contributed by atoms with E-state index in [4.69, 9.17) is 21.4 Å². The third kappa shape index (κ3) is 2.60. The number of ketones is 1. The number of rotatable bonds is 5. The fourth-order valence-corrected chi connectivity index (χ4v) is 2.00. The van der Waals surface area contributed by atoms with E-state index in [2.05, 4.69) is 0 Å². The van der Waals surface area contributed by atoms with Crippen molar-refractivity contribution in [2.24, 2.45) is 0 Å². The van der Waals surface area contributed by atoms with Crippen molar-refractivity contribution in [1.29, 1.82) is 0 Å². The van der Waals surface area contributed by atoms with Crippen molar-refractivity contribution >= 4 is 29.0 Å². The van der Waals surface area contributed by atoms with Gasteiger partial charge in [0.05, 0.1) is 36.1 Å². The molecule has 102 valence electrons. The highest BCUT2D eigenvalue weighted by Gasteiger charge is 2.36. The van der Waals surface area contributed by atoms with E-state index in [9.17, 15) is 14.0 Å². The average molecular weight is 288 g/mol. The lowest BCUT2D eigenvalue weighted by Gasteiger charge is -2.16. The average Bonchev–Trinajstić information content (AvgIpc) is 2.60. The minimum atomic E-state index is -0.732. The Kier molecular flexibility index (Phi) is 4.14. The summed E-state index contributed by atoms with van der Waals surface area (Å²) in [4.78, 5) is 24.6. The van der Waals surface area contributed by atoms with Crippen molar-refractivity contribution in [3.8, 4) is 0 Å². The number of fused-ring (bicyclic) bond motifs is 1. The largest absolute Gasteiger partial charge is 0.394 e. The molecule has 7 heteroatoms. The molecule has 1 amide bonds. The van der Waals surface area contributed by atoms with Gasteiger partial charge >= 0.3 is 0 Å². The molecule has 0 atom stereocenters. The van der Waals surface area contributed by atoms with E-state index in [1.165, 1.54) is 0 Å². The van der Waals surface area contributed by atoms with Gasteiger partial charge in [-0.1, -0.05) is 11.6 Å². The zero-order valence-corrected chi connectivity index (χ0v) is 10.6. The Labute approximate surface area is 113 Å². The van der Waals surface area contributed by atoms with Gasteiger partial charge in [-0.2, -0.15) is 0 Å². The minimum Gasteiger partial charge on any atom is -0.394 e. The fraction of sp³-hybridized carbons (Fsp3) is 0.333. The first-order valence-electron chi connectivity index (χ1n) is 5.60. The van der Waals surface area contributed by atoms with Gasteiger partial charge in [-0.15, -0.1) is 0 Å². The molecule has 19 heavy (non-hydrogen) atoms. The highest BCUT2D eigenvalue weighted by Crippen LogP contribution is 2.32. The second-order valence-corrected chi connectivity index (χ2v) is 4.31. The maximum atomic E-state index is 13.4. The molecule has 1 aromatic carbocycles. The number of amides is 1. The highest BCUT2D eigenvalue weighted by atomic mass is 35.5. The molecule has 0 aliphatic carbocycles. The first kappa shape index (κ1) is 13.9. The van der Waals surface area contributed by atoms with Gasteiger partial charge in [-0.25, -0.2) is 4.39 Å². The molecule has 0 fully saturated rings. The van der Waals surface area contributed by atoms with E-state index >= 15 is 0 Å². The number of Topliss-reactive ketones (excluding diaryl/α,β-unsaturated/α-hetero) is 1. The summed E-state index contributed by atoms with van der Waals surface area (Å²) in [5, 5.41) is 8.36. The monoisotopic (exact) mass is 287 g/mol. The molecule has 0 unspecified atom stereocenters. The van der Waals surface area contributed by atoms with Crippen LogP contribution in [0.2, 0.25) is 5.02 Å². The van der Waals surface area contributed by atoms with Crippen LogP contribution < -0.4 is 4.90 Å². The number of ether oxygens (including phenoxy) is 1. The van der Waals surface area contributed by atoms with Crippen LogP contribution in [0.4, 0.5) is 10.1 Å². The van der Waals surface area contributed by atoms with E-state index in [1.54, 1.807) is 0 Å². The van der Waals surface area contributed by atoms with E-state index in [0.29, 0.717) is 0 Å². The number of hydrogen-bond acceptors (Lipinski definition) is 4. The van der Waals surface area contributed by atoms with E-state index < -0.39 is 17.5 Å². The van der Waals surface area contributed by atoms with Gasteiger partial charge in [0.1, 0.15) is 5.82 Å². The number of anilines is 1. The van der Waals surface area contributed by atoms with Crippen molar-refractivity contribution in [3.05, 3.63) is 28.5 Å². The zero-order valence-electron chi connectivity index (χ0n) is 9.86. The topological polar surface area (TPSA) is 66.8 Å². The van der Waals surface area contributed by atoms with E-state index in [1.807, 2.05) is 0 Å². The van der Waals surface area contributed by atoms with Gasteiger partial charge < -0.3 is 14.7 Å². The highest BCUT2D eigenvalue weighted by molar-refractivity contribution is 6.52. The Balaban J connectivity index is 2.21. The van der Waals surface area contributed by atoms with Crippen molar-refractivity contribution in [2.45, 2.75) is 0 Å². The lowest BCUT2D eigenvalue weighted by Crippen LogP contribution is -2.33. The fourth-order valence-electron chi connectivity index (χ4n) is 1.83. The number of carbonyl (C=O) groups is 2.